The van der Waals surface area contributed by atoms with Crippen LogP contribution < -0.4 is 14.8 Å². The van der Waals surface area contributed by atoms with E-state index in [0.717, 1.165) is 17.5 Å². The molecule has 170 valence electrons. The fourth-order valence-electron chi connectivity index (χ4n) is 3.41. The summed E-state index contributed by atoms with van der Waals surface area (Å²) in [6.45, 7) is 4.02. The van der Waals surface area contributed by atoms with Crippen molar-refractivity contribution in [2.75, 3.05) is 13.2 Å². The molecule has 1 saturated carbocycles. The fraction of sp³-hybridized carbons (Fsp3) is 0.391. The molecule has 2 aromatic carbocycles. The normalized spacial score (nSPS) is 14.9. The Hall–Kier alpha value is -3.23. The average molecular weight is 447 g/mol. The van der Waals surface area contributed by atoms with Crippen molar-refractivity contribution in [3.8, 4) is 17.2 Å². The standard InChI is InChI=1S/C23H24F3N3O3/c1-14(27-15(2)30)12-31-18-7-5-17(6-8-18)29-22(23(24,25)26)20-10-9-19(11-21(20)28-29)32-13-16-3-4-16/h5-11,14,16H,3-4,12-13H2,1-2H3,(H,27,30). The topological polar surface area (TPSA) is 65.4 Å². The van der Waals surface area contributed by atoms with Gasteiger partial charge in [0.2, 0.25) is 5.91 Å². The van der Waals surface area contributed by atoms with Gasteiger partial charge in [-0.3, -0.25) is 4.79 Å². The summed E-state index contributed by atoms with van der Waals surface area (Å²) in [7, 11) is 0. The number of alkyl halides is 3. The number of halogens is 3. The molecule has 1 atom stereocenters. The van der Waals surface area contributed by atoms with Crippen LogP contribution in [0.15, 0.2) is 42.5 Å². The highest BCUT2D eigenvalue weighted by atomic mass is 19.4. The minimum Gasteiger partial charge on any atom is -0.493 e. The zero-order valence-corrected chi connectivity index (χ0v) is 17.8. The Morgan fingerprint density at radius 3 is 2.47 bits per heavy atom. The van der Waals surface area contributed by atoms with Gasteiger partial charge < -0.3 is 14.8 Å². The summed E-state index contributed by atoms with van der Waals surface area (Å²) in [4.78, 5) is 11.1. The van der Waals surface area contributed by atoms with E-state index in [9.17, 15) is 18.0 Å². The maximum atomic E-state index is 13.9. The molecule has 1 amide bonds. The molecule has 3 aromatic rings. The Labute approximate surface area is 183 Å². The molecule has 1 aromatic heterocycles. The summed E-state index contributed by atoms with van der Waals surface area (Å²) in [6, 6.07) is 10.5. The maximum Gasteiger partial charge on any atom is 0.434 e. The predicted octanol–water partition coefficient (Wildman–Crippen LogP) is 4.74. The number of nitrogens with zero attached hydrogens (tertiary/aromatic N) is 2. The number of rotatable bonds is 8. The number of benzene rings is 2. The number of carbonyl (C=O) groups is 1. The van der Waals surface area contributed by atoms with Crippen LogP contribution in [0.5, 0.6) is 11.5 Å². The van der Waals surface area contributed by atoms with Crippen LogP contribution in [0, 0.1) is 5.92 Å². The molecular formula is C23H24F3N3O3. The van der Waals surface area contributed by atoms with Crippen molar-refractivity contribution in [1.82, 2.24) is 15.1 Å². The number of carbonyl (C=O) groups excluding carboxylic acids is 1. The summed E-state index contributed by atoms with van der Waals surface area (Å²) in [6.07, 6.45) is -2.34. The third-order valence-electron chi connectivity index (χ3n) is 5.13. The summed E-state index contributed by atoms with van der Waals surface area (Å²) in [5.41, 5.74) is -0.361. The monoisotopic (exact) mass is 447 g/mol. The summed E-state index contributed by atoms with van der Waals surface area (Å²) in [5.74, 6) is 1.37. The van der Waals surface area contributed by atoms with E-state index in [1.807, 2.05) is 0 Å². The van der Waals surface area contributed by atoms with Gasteiger partial charge in [-0.05, 0) is 62.1 Å². The Bertz CT molecular complexity index is 1110. The Morgan fingerprint density at radius 2 is 1.84 bits per heavy atom. The Morgan fingerprint density at radius 1 is 1.16 bits per heavy atom. The van der Waals surface area contributed by atoms with Gasteiger partial charge >= 0.3 is 6.18 Å². The highest BCUT2D eigenvalue weighted by Gasteiger charge is 2.38. The number of aromatic nitrogens is 2. The van der Waals surface area contributed by atoms with Crippen molar-refractivity contribution in [2.24, 2.45) is 5.92 Å². The average Bonchev–Trinajstić information content (AvgIpc) is 3.47. The number of ether oxygens (including phenoxy) is 2. The molecule has 0 bridgehead atoms. The largest absolute Gasteiger partial charge is 0.493 e. The molecule has 4 rings (SSSR count). The minimum absolute atomic E-state index is 0.0146. The van der Waals surface area contributed by atoms with E-state index in [1.165, 1.54) is 25.1 Å². The third kappa shape index (κ3) is 5.15. The zero-order valence-electron chi connectivity index (χ0n) is 17.8. The van der Waals surface area contributed by atoms with Crippen LogP contribution in [0.3, 0.4) is 0 Å². The van der Waals surface area contributed by atoms with Gasteiger partial charge in [-0.15, -0.1) is 0 Å². The molecule has 1 aliphatic carbocycles. The molecule has 0 spiro atoms. The van der Waals surface area contributed by atoms with E-state index in [-0.39, 0.29) is 35.1 Å². The summed E-state index contributed by atoms with van der Waals surface area (Å²) in [5, 5.41) is 6.93. The second-order valence-electron chi connectivity index (χ2n) is 8.10. The predicted molar refractivity (Wildman–Crippen MR) is 113 cm³/mol. The lowest BCUT2D eigenvalue weighted by molar-refractivity contribution is -0.141. The molecule has 32 heavy (non-hydrogen) atoms. The van der Waals surface area contributed by atoms with Crippen LogP contribution in [-0.2, 0) is 11.0 Å². The van der Waals surface area contributed by atoms with Crippen molar-refractivity contribution < 1.29 is 27.4 Å². The second kappa shape index (κ2) is 8.72. The van der Waals surface area contributed by atoms with E-state index < -0.39 is 11.9 Å². The molecule has 0 aliphatic heterocycles. The van der Waals surface area contributed by atoms with E-state index in [4.69, 9.17) is 9.47 Å². The summed E-state index contributed by atoms with van der Waals surface area (Å²) >= 11 is 0. The smallest absolute Gasteiger partial charge is 0.434 e. The van der Waals surface area contributed by atoms with Crippen LogP contribution in [-0.4, -0.2) is 34.9 Å². The first-order valence-corrected chi connectivity index (χ1v) is 10.4. The molecule has 9 heteroatoms. The van der Waals surface area contributed by atoms with Crippen molar-refractivity contribution in [3.63, 3.8) is 0 Å². The lowest BCUT2D eigenvalue weighted by atomic mass is 10.2. The van der Waals surface area contributed by atoms with Gasteiger partial charge in [0.1, 0.15) is 18.1 Å². The second-order valence-corrected chi connectivity index (χ2v) is 8.10. The van der Waals surface area contributed by atoms with E-state index in [1.54, 1.807) is 31.2 Å². The van der Waals surface area contributed by atoms with Crippen LogP contribution in [0.25, 0.3) is 16.6 Å². The number of amides is 1. The Balaban J connectivity index is 1.58. The van der Waals surface area contributed by atoms with Crippen molar-refractivity contribution in [2.45, 2.75) is 38.9 Å². The van der Waals surface area contributed by atoms with Gasteiger partial charge in [0, 0.05) is 18.4 Å². The van der Waals surface area contributed by atoms with Crippen molar-refractivity contribution >= 4 is 16.8 Å². The van der Waals surface area contributed by atoms with Gasteiger partial charge in [0.25, 0.3) is 0 Å². The van der Waals surface area contributed by atoms with Crippen LogP contribution in [0.2, 0.25) is 0 Å². The molecule has 6 nitrogen and oxygen atoms in total. The Kier molecular flexibility index (Phi) is 5.99. The summed E-state index contributed by atoms with van der Waals surface area (Å²) < 4.78 is 53.9. The third-order valence-corrected chi connectivity index (χ3v) is 5.13. The van der Waals surface area contributed by atoms with Gasteiger partial charge in [0.15, 0.2) is 5.69 Å². The molecular weight excluding hydrogens is 423 g/mol. The first kappa shape index (κ1) is 22.0. The minimum atomic E-state index is -4.59. The van der Waals surface area contributed by atoms with Crippen LogP contribution >= 0.6 is 0 Å². The van der Waals surface area contributed by atoms with Crippen LogP contribution in [0.1, 0.15) is 32.4 Å². The highest BCUT2D eigenvalue weighted by molar-refractivity contribution is 5.84. The molecule has 0 saturated heterocycles. The number of nitrogens with one attached hydrogen (secondary N) is 1. The van der Waals surface area contributed by atoms with Gasteiger partial charge in [-0.1, -0.05) is 0 Å². The molecule has 1 aliphatic rings. The first-order chi connectivity index (χ1) is 15.2. The lowest BCUT2D eigenvalue weighted by Crippen LogP contribution is -2.35. The van der Waals surface area contributed by atoms with E-state index in [2.05, 4.69) is 10.4 Å². The fourth-order valence-corrected chi connectivity index (χ4v) is 3.41. The quantitative estimate of drug-likeness (QED) is 0.542. The molecule has 0 radical (unpaired) electrons. The lowest BCUT2D eigenvalue weighted by Gasteiger charge is -2.14. The number of hydrogen-bond donors (Lipinski definition) is 1. The van der Waals surface area contributed by atoms with E-state index in [0.29, 0.717) is 24.0 Å². The molecule has 1 heterocycles. The molecule has 1 fully saturated rings. The maximum absolute atomic E-state index is 13.9. The van der Waals surface area contributed by atoms with Gasteiger partial charge in [-0.25, -0.2) is 4.68 Å². The zero-order chi connectivity index (χ0) is 22.9. The van der Waals surface area contributed by atoms with Gasteiger partial charge in [0.05, 0.1) is 23.9 Å². The highest BCUT2D eigenvalue weighted by Crippen LogP contribution is 2.38. The van der Waals surface area contributed by atoms with Gasteiger partial charge in [-0.2, -0.15) is 18.3 Å². The van der Waals surface area contributed by atoms with Crippen molar-refractivity contribution in [3.05, 3.63) is 48.2 Å². The number of hydrogen-bond acceptors (Lipinski definition) is 4. The molecule has 1 unspecified atom stereocenters. The number of fused-ring (bicyclic) bond motifs is 1. The van der Waals surface area contributed by atoms with E-state index >= 15 is 0 Å². The van der Waals surface area contributed by atoms with Crippen molar-refractivity contribution in [1.29, 1.82) is 0 Å². The molecule has 1 N–H and O–H groups in total. The first-order valence-electron chi connectivity index (χ1n) is 10.4. The SMILES string of the molecule is CC(=O)NC(C)COc1ccc(-n2nc3cc(OCC4CC4)ccc3c2C(F)(F)F)cc1. The van der Waals surface area contributed by atoms with Crippen LogP contribution in [0.4, 0.5) is 13.2 Å².